The number of hydrogen-bond acceptors (Lipinski definition) is 5. The lowest BCUT2D eigenvalue weighted by Gasteiger charge is -2.26. The summed E-state index contributed by atoms with van der Waals surface area (Å²) in [6, 6.07) is 26.5. The summed E-state index contributed by atoms with van der Waals surface area (Å²) < 4.78 is 32.3. The molecular weight excluding hydrogens is 665 g/mol. The van der Waals surface area contributed by atoms with E-state index in [1.807, 2.05) is 0 Å². The Bertz CT molecular complexity index is 1420. The second-order valence-corrected chi connectivity index (χ2v) is 17.9. The molecule has 0 unspecified atom stereocenters. The Labute approximate surface area is 312 Å². The highest BCUT2D eigenvalue weighted by atomic mass is 28.4. The maximum absolute atomic E-state index is 7.61. The van der Waals surface area contributed by atoms with E-state index in [4.69, 9.17) is 23.1 Å². The number of hydrogen-bond donors (Lipinski definition) is 0. The maximum atomic E-state index is 7.61. The molecule has 0 amide bonds. The van der Waals surface area contributed by atoms with Crippen molar-refractivity contribution < 1.29 is 23.1 Å². The van der Waals surface area contributed by atoms with Crippen LogP contribution in [-0.2, 0) is 4.12 Å². The fourth-order valence-electron chi connectivity index (χ4n) is 5.79. The normalized spacial score (nSPS) is 11.3. The Morgan fingerprint density at radius 1 is 0.373 bits per heavy atom. The van der Waals surface area contributed by atoms with Gasteiger partial charge in [0.15, 0.2) is 0 Å². The predicted molar refractivity (Wildman–Crippen MR) is 217 cm³/mol. The molecule has 0 saturated heterocycles. The lowest BCUT2D eigenvalue weighted by Crippen LogP contribution is -2.56. The van der Waals surface area contributed by atoms with E-state index in [0.717, 1.165) is 123 Å². The highest BCUT2D eigenvalue weighted by Gasteiger charge is 2.30. The second-order valence-electron chi connectivity index (χ2n) is 13.5. The minimum absolute atomic E-state index is 0.728. The van der Waals surface area contributed by atoms with Crippen molar-refractivity contribution in [2.24, 2.45) is 0 Å². The van der Waals surface area contributed by atoms with E-state index in [-0.39, 0.29) is 0 Å². The van der Waals surface area contributed by atoms with E-state index in [0.29, 0.717) is 0 Å². The highest BCUT2D eigenvalue weighted by Crippen LogP contribution is 2.22. The molecule has 0 bridgehead atoms. The van der Waals surface area contributed by atoms with E-state index in [1.54, 1.807) is 0 Å². The molecule has 0 aliphatic carbocycles. The van der Waals surface area contributed by atoms with Crippen molar-refractivity contribution in [3.05, 3.63) is 95.1 Å². The van der Waals surface area contributed by atoms with Crippen LogP contribution in [0.15, 0.2) is 72.8 Å². The Hall–Kier alpha value is -3.53. The average Bonchev–Trinajstić information content (AvgIpc) is 3.12. The molecule has 4 aromatic carbocycles. The SMILES string of the molecule is CCCCOc1ccc([Si](O[Si](c2ccc(OCCCC)c(C)c2)c2ccc(OCCCC)c(C)c2)c2ccc(OCCCC)c(C)c2)cc1C. The van der Waals surface area contributed by atoms with Crippen LogP contribution in [0, 0.1) is 27.7 Å². The zero-order valence-corrected chi connectivity index (χ0v) is 34.5. The van der Waals surface area contributed by atoms with Crippen LogP contribution in [-0.4, -0.2) is 44.5 Å². The van der Waals surface area contributed by atoms with Gasteiger partial charge in [-0.1, -0.05) is 102 Å². The number of unbranched alkanes of at least 4 members (excludes halogenated alkanes) is 4. The van der Waals surface area contributed by atoms with Crippen LogP contribution < -0.4 is 39.7 Å². The Balaban J connectivity index is 1.80. The van der Waals surface area contributed by atoms with Gasteiger partial charge in [0, 0.05) is 0 Å². The lowest BCUT2D eigenvalue weighted by atomic mass is 10.2. The van der Waals surface area contributed by atoms with Gasteiger partial charge in [0.1, 0.15) is 23.0 Å². The first kappa shape index (κ1) is 40.2. The standard InChI is InChI=1S/C44H60O5Si2/c1-9-13-25-45-41-21-17-37(29-33(41)5)50(38-18-22-42(34(6)30-38)46-26-14-10-2)49-51(39-19-23-43(35(7)31-39)47-27-15-11-3)40-20-24-44(36(8)32-40)48-28-16-12-4/h17-24,29-32H,9-16,25-28H2,1-8H3. The van der Waals surface area contributed by atoms with Crippen LogP contribution in [0.4, 0.5) is 0 Å². The fourth-order valence-corrected chi connectivity index (χ4v) is 11.5. The first-order chi connectivity index (χ1) is 24.8. The van der Waals surface area contributed by atoms with E-state index < -0.39 is 18.1 Å². The number of aryl methyl sites for hydroxylation is 4. The summed E-state index contributed by atoms with van der Waals surface area (Å²) in [6.07, 6.45) is 8.60. The molecule has 4 aromatic rings. The number of benzene rings is 4. The van der Waals surface area contributed by atoms with Gasteiger partial charge in [-0.2, -0.15) is 0 Å². The van der Waals surface area contributed by atoms with Crippen molar-refractivity contribution in [2.45, 2.75) is 107 Å². The molecule has 7 heteroatoms. The third-order valence-corrected chi connectivity index (χ3v) is 13.9. The van der Waals surface area contributed by atoms with Gasteiger partial charge < -0.3 is 23.1 Å². The van der Waals surface area contributed by atoms with E-state index in [1.165, 1.54) is 20.7 Å². The maximum Gasteiger partial charge on any atom is 0.272 e. The zero-order chi connectivity index (χ0) is 36.6. The quantitative estimate of drug-likeness (QED) is 0.0601. The summed E-state index contributed by atoms with van der Waals surface area (Å²) in [5, 5.41) is 4.81. The molecule has 51 heavy (non-hydrogen) atoms. The van der Waals surface area contributed by atoms with Gasteiger partial charge in [-0.3, -0.25) is 0 Å². The molecule has 0 fully saturated rings. The molecule has 274 valence electrons. The van der Waals surface area contributed by atoms with Gasteiger partial charge in [-0.15, -0.1) is 0 Å². The molecule has 0 heterocycles. The van der Waals surface area contributed by atoms with E-state index >= 15 is 0 Å². The van der Waals surface area contributed by atoms with Gasteiger partial charge in [-0.05, 0) is 121 Å². The monoisotopic (exact) mass is 724 g/mol. The third kappa shape index (κ3) is 11.7. The smallest absolute Gasteiger partial charge is 0.272 e. The molecule has 2 radical (unpaired) electrons. The molecule has 0 aromatic heterocycles. The molecule has 4 rings (SSSR count). The van der Waals surface area contributed by atoms with Crippen molar-refractivity contribution >= 4 is 38.8 Å². The molecule has 0 atom stereocenters. The van der Waals surface area contributed by atoms with Crippen molar-refractivity contribution in [1.82, 2.24) is 0 Å². The van der Waals surface area contributed by atoms with Crippen molar-refractivity contribution in [2.75, 3.05) is 26.4 Å². The van der Waals surface area contributed by atoms with Crippen molar-refractivity contribution in [3.8, 4) is 23.0 Å². The fraction of sp³-hybridized carbons (Fsp3) is 0.455. The van der Waals surface area contributed by atoms with Crippen molar-refractivity contribution in [3.63, 3.8) is 0 Å². The zero-order valence-electron chi connectivity index (χ0n) is 32.5. The minimum atomic E-state index is -1.73. The Morgan fingerprint density at radius 3 is 0.804 bits per heavy atom. The van der Waals surface area contributed by atoms with Gasteiger partial charge >= 0.3 is 0 Å². The molecule has 0 N–H and O–H groups in total. The first-order valence-corrected chi connectivity index (χ1v) is 22.0. The van der Waals surface area contributed by atoms with Crippen LogP contribution >= 0.6 is 0 Å². The molecule has 0 aliphatic rings. The summed E-state index contributed by atoms with van der Waals surface area (Å²) in [7, 11) is -3.45. The van der Waals surface area contributed by atoms with Crippen LogP contribution in [0.3, 0.4) is 0 Å². The van der Waals surface area contributed by atoms with Crippen LogP contribution in [0.5, 0.6) is 23.0 Å². The summed E-state index contributed by atoms with van der Waals surface area (Å²) >= 11 is 0. The minimum Gasteiger partial charge on any atom is -0.493 e. The van der Waals surface area contributed by atoms with Crippen LogP contribution in [0.1, 0.15) is 101 Å². The summed E-state index contributed by atoms with van der Waals surface area (Å²) in [6.45, 7) is 20.3. The van der Waals surface area contributed by atoms with Gasteiger partial charge in [0.2, 0.25) is 0 Å². The summed E-state index contributed by atoms with van der Waals surface area (Å²) in [4.78, 5) is 0. The first-order valence-electron chi connectivity index (χ1n) is 19.2. The topological polar surface area (TPSA) is 46.2 Å². The Morgan fingerprint density at radius 2 is 0.608 bits per heavy atom. The van der Waals surface area contributed by atoms with Gasteiger partial charge in [0.05, 0.1) is 26.4 Å². The van der Waals surface area contributed by atoms with Crippen molar-refractivity contribution in [1.29, 1.82) is 0 Å². The lowest BCUT2D eigenvalue weighted by molar-refractivity contribution is 0.307. The van der Waals surface area contributed by atoms with Crippen LogP contribution in [0.25, 0.3) is 0 Å². The van der Waals surface area contributed by atoms with E-state index in [2.05, 4.69) is 128 Å². The summed E-state index contributed by atoms with van der Waals surface area (Å²) in [5.41, 5.74) is 4.53. The molecule has 0 aliphatic heterocycles. The summed E-state index contributed by atoms with van der Waals surface area (Å²) in [5.74, 6) is 3.77. The number of ether oxygens (including phenoxy) is 4. The Kier molecular flexibility index (Phi) is 16.7. The average molecular weight is 725 g/mol. The van der Waals surface area contributed by atoms with Gasteiger partial charge in [0.25, 0.3) is 18.1 Å². The number of rotatable bonds is 22. The molecular formula is C44H60O5Si2. The molecule has 0 saturated carbocycles. The highest BCUT2D eigenvalue weighted by molar-refractivity contribution is 6.91. The van der Waals surface area contributed by atoms with E-state index in [9.17, 15) is 0 Å². The van der Waals surface area contributed by atoms with Crippen LogP contribution in [0.2, 0.25) is 0 Å². The largest absolute Gasteiger partial charge is 0.493 e. The third-order valence-electron chi connectivity index (χ3n) is 8.97. The predicted octanol–water partition coefficient (Wildman–Crippen LogP) is 8.56. The molecule has 5 nitrogen and oxygen atoms in total. The molecule has 0 spiro atoms. The van der Waals surface area contributed by atoms with Gasteiger partial charge in [-0.25, -0.2) is 0 Å². The second kappa shape index (κ2) is 21.1.